The summed E-state index contributed by atoms with van der Waals surface area (Å²) in [4.78, 5) is 15.1. The molecule has 0 radical (unpaired) electrons. The molecular formula is C28H33FN2O4. The van der Waals surface area contributed by atoms with Gasteiger partial charge in [0, 0.05) is 38.1 Å². The summed E-state index contributed by atoms with van der Waals surface area (Å²) in [6.07, 6.45) is 2.72. The van der Waals surface area contributed by atoms with Crippen molar-refractivity contribution in [2.75, 3.05) is 19.7 Å². The minimum Gasteiger partial charge on any atom is -0.490 e. The monoisotopic (exact) mass is 480 g/mol. The lowest BCUT2D eigenvalue weighted by Crippen LogP contribution is -2.52. The van der Waals surface area contributed by atoms with E-state index in [2.05, 4.69) is 6.07 Å². The van der Waals surface area contributed by atoms with E-state index in [0.29, 0.717) is 49.4 Å². The second kappa shape index (κ2) is 10.8. The van der Waals surface area contributed by atoms with Gasteiger partial charge in [0.05, 0.1) is 29.5 Å². The molecule has 35 heavy (non-hydrogen) atoms. The molecule has 0 saturated carbocycles. The topological polar surface area (TPSA) is 71.8 Å². The number of ether oxygens (including phenoxy) is 3. The highest BCUT2D eigenvalue weighted by molar-refractivity contribution is 5.95. The molecule has 1 spiro atoms. The summed E-state index contributed by atoms with van der Waals surface area (Å²) < 4.78 is 31.8. The predicted octanol–water partition coefficient (Wildman–Crippen LogP) is 5.42. The number of nitrogens with zero attached hydrogens (tertiary/aromatic N) is 2. The molecule has 2 fully saturated rings. The summed E-state index contributed by atoms with van der Waals surface area (Å²) in [5.41, 5.74) is 1.40. The van der Waals surface area contributed by atoms with Crippen LogP contribution in [0.25, 0.3) is 0 Å². The fourth-order valence-electron chi connectivity index (χ4n) is 5.11. The Balaban J connectivity index is 1.46. The molecule has 2 aromatic rings. The maximum atomic E-state index is 13.5. The zero-order valence-electron chi connectivity index (χ0n) is 20.6. The smallest absolute Gasteiger partial charge is 0.253 e. The molecule has 2 heterocycles. The van der Waals surface area contributed by atoms with Crippen molar-refractivity contribution >= 4 is 5.91 Å². The quantitative estimate of drug-likeness (QED) is 0.552. The molecule has 2 aromatic carbocycles. The van der Waals surface area contributed by atoms with Gasteiger partial charge in [-0.15, -0.1) is 0 Å². The van der Waals surface area contributed by atoms with Crippen molar-refractivity contribution < 1.29 is 23.4 Å². The van der Waals surface area contributed by atoms with Crippen LogP contribution in [0.2, 0.25) is 0 Å². The Morgan fingerprint density at radius 3 is 2.57 bits per heavy atom. The van der Waals surface area contributed by atoms with E-state index in [-0.39, 0.29) is 35.6 Å². The van der Waals surface area contributed by atoms with Crippen LogP contribution < -0.4 is 4.74 Å². The number of benzene rings is 2. The first-order valence-corrected chi connectivity index (χ1v) is 12.4. The van der Waals surface area contributed by atoms with Gasteiger partial charge in [-0.3, -0.25) is 4.79 Å². The first-order chi connectivity index (χ1) is 16.8. The Hall–Kier alpha value is -2.95. The molecule has 0 N–H and O–H groups in total. The molecule has 0 aliphatic carbocycles. The van der Waals surface area contributed by atoms with Gasteiger partial charge in [-0.2, -0.15) is 5.26 Å². The number of hydrogen-bond acceptors (Lipinski definition) is 5. The van der Waals surface area contributed by atoms with E-state index >= 15 is 0 Å². The number of carbonyl (C=O) groups is 1. The van der Waals surface area contributed by atoms with Crippen LogP contribution in [0.15, 0.2) is 42.5 Å². The lowest BCUT2D eigenvalue weighted by atomic mass is 9.80. The fourth-order valence-corrected chi connectivity index (χ4v) is 5.11. The van der Waals surface area contributed by atoms with Crippen LogP contribution in [-0.2, 0) is 9.47 Å². The van der Waals surface area contributed by atoms with Crippen LogP contribution in [0.4, 0.5) is 4.39 Å². The Morgan fingerprint density at radius 1 is 1.23 bits per heavy atom. The van der Waals surface area contributed by atoms with Gasteiger partial charge in [-0.25, -0.2) is 4.39 Å². The third kappa shape index (κ3) is 5.83. The highest BCUT2D eigenvalue weighted by Crippen LogP contribution is 2.44. The maximum absolute atomic E-state index is 13.5. The number of nitriles is 1. The highest BCUT2D eigenvalue weighted by Gasteiger charge is 2.45. The first kappa shape index (κ1) is 25.2. The second-order valence-electron chi connectivity index (χ2n) is 9.64. The van der Waals surface area contributed by atoms with Crippen molar-refractivity contribution in [3.8, 4) is 11.8 Å². The van der Waals surface area contributed by atoms with Gasteiger partial charge in [0.1, 0.15) is 17.6 Å². The third-order valence-corrected chi connectivity index (χ3v) is 6.78. The molecule has 0 bridgehead atoms. The summed E-state index contributed by atoms with van der Waals surface area (Å²) in [6, 6.07) is 13.6. The molecule has 2 aliphatic heterocycles. The van der Waals surface area contributed by atoms with Gasteiger partial charge < -0.3 is 19.1 Å². The van der Waals surface area contributed by atoms with Gasteiger partial charge in [0.15, 0.2) is 0 Å². The molecule has 7 heteroatoms. The number of hydrogen-bond donors (Lipinski definition) is 0. The van der Waals surface area contributed by atoms with Gasteiger partial charge in [0.25, 0.3) is 5.91 Å². The van der Waals surface area contributed by atoms with E-state index < -0.39 is 0 Å². The summed E-state index contributed by atoms with van der Waals surface area (Å²) in [5.74, 6) is 0.122. The Morgan fingerprint density at radius 2 is 1.94 bits per heavy atom. The number of likely N-dealkylation sites (tertiary alicyclic amines) is 1. The van der Waals surface area contributed by atoms with Crippen molar-refractivity contribution in [3.05, 3.63) is 65.0 Å². The molecule has 186 valence electrons. The maximum Gasteiger partial charge on any atom is 0.253 e. The molecule has 6 nitrogen and oxygen atoms in total. The van der Waals surface area contributed by atoms with Crippen molar-refractivity contribution in [1.82, 2.24) is 4.90 Å². The van der Waals surface area contributed by atoms with Crippen LogP contribution in [0, 0.1) is 17.1 Å². The molecule has 0 aromatic heterocycles. The van der Waals surface area contributed by atoms with Crippen molar-refractivity contribution in [1.29, 1.82) is 5.26 Å². The second-order valence-corrected chi connectivity index (χ2v) is 9.64. The van der Waals surface area contributed by atoms with E-state index in [9.17, 15) is 14.4 Å². The van der Waals surface area contributed by atoms with Crippen LogP contribution in [0.5, 0.6) is 5.75 Å². The van der Waals surface area contributed by atoms with Crippen LogP contribution in [0.3, 0.4) is 0 Å². The standard InChI is InChI=1S/C28H33FN2O4/c1-4-33-24-16-26(20-5-8-23(29)9-6-20)35-28(17-24)11-13-31(14-12-28)27(32)21-7-10-25(34-19(2)3)22(15-21)18-30/h5-10,15,19,24,26H,4,11-14,16-17H2,1-3H3. The van der Waals surface area contributed by atoms with Gasteiger partial charge in [-0.1, -0.05) is 12.1 Å². The Labute approximate surface area is 206 Å². The highest BCUT2D eigenvalue weighted by atomic mass is 19.1. The summed E-state index contributed by atoms with van der Waals surface area (Å²) >= 11 is 0. The predicted molar refractivity (Wildman–Crippen MR) is 130 cm³/mol. The van der Waals surface area contributed by atoms with E-state index in [1.165, 1.54) is 12.1 Å². The third-order valence-electron chi connectivity index (χ3n) is 6.78. The van der Waals surface area contributed by atoms with Gasteiger partial charge in [0.2, 0.25) is 0 Å². The molecular weight excluding hydrogens is 447 g/mol. The normalized spacial score (nSPS) is 21.7. The van der Waals surface area contributed by atoms with Crippen LogP contribution >= 0.6 is 0 Å². The van der Waals surface area contributed by atoms with E-state index in [0.717, 1.165) is 18.4 Å². The molecule has 2 saturated heterocycles. The van der Waals surface area contributed by atoms with Gasteiger partial charge >= 0.3 is 0 Å². The van der Waals surface area contributed by atoms with Crippen molar-refractivity contribution in [2.24, 2.45) is 0 Å². The molecule has 4 rings (SSSR count). The van der Waals surface area contributed by atoms with Crippen molar-refractivity contribution in [3.63, 3.8) is 0 Å². The van der Waals surface area contributed by atoms with Crippen LogP contribution in [0.1, 0.15) is 74.0 Å². The number of carbonyl (C=O) groups excluding carboxylic acids is 1. The largest absolute Gasteiger partial charge is 0.490 e. The summed E-state index contributed by atoms with van der Waals surface area (Å²) in [6.45, 7) is 7.52. The first-order valence-electron chi connectivity index (χ1n) is 12.4. The molecule has 2 aliphatic rings. The van der Waals surface area contributed by atoms with E-state index in [1.807, 2.05) is 25.7 Å². The molecule has 2 atom stereocenters. The SMILES string of the molecule is CCOC1CC(c2ccc(F)cc2)OC2(CCN(C(=O)c3ccc(OC(C)C)c(C#N)c3)CC2)C1. The average molecular weight is 481 g/mol. The minimum absolute atomic E-state index is 0.0535. The molecule has 1 amide bonds. The zero-order valence-corrected chi connectivity index (χ0v) is 20.6. The number of halogens is 1. The lowest BCUT2D eigenvalue weighted by molar-refractivity contribution is -0.190. The van der Waals surface area contributed by atoms with Crippen LogP contribution in [-0.4, -0.2) is 48.3 Å². The van der Waals surface area contributed by atoms with E-state index in [4.69, 9.17) is 14.2 Å². The Bertz CT molecular complexity index is 1070. The summed E-state index contributed by atoms with van der Waals surface area (Å²) in [5, 5.41) is 9.51. The van der Waals surface area contributed by atoms with E-state index in [1.54, 1.807) is 30.3 Å². The van der Waals surface area contributed by atoms with Crippen molar-refractivity contribution in [2.45, 2.75) is 70.4 Å². The summed E-state index contributed by atoms with van der Waals surface area (Å²) in [7, 11) is 0. The minimum atomic E-state index is -0.388. The number of amides is 1. The number of piperidine rings is 1. The van der Waals surface area contributed by atoms with Gasteiger partial charge in [-0.05, 0) is 69.5 Å². The average Bonchev–Trinajstić information content (AvgIpc) is 2.84. The lowest BCUT2D eigenvalue weighted by Gasteiger charge is -2.48. The number of rotatable bonds is 6. The Kier molecular flexibility index (Phi) is 7.73. The molecule has 2 unspecified atom stereocenters. The fraction of sp³-hybridized carbons (Fsp3) is 0.500. The zero-order chi connectivity index (χ0) is 25.0.